The van der Waals surface area contributed by atoms with Crippen LogP contribution in [0.25, 0.3) is 0 Å². The van der Waals surface area contributed by atoms with Crippen LogP contribution in [-0.4, -0.2) is 19.4 Å². The van der Waals surface area contributed by atoms with Crippen molar-refractivity contribution in [1.29, 1.82) is 0 Å². The lowest BCUT2D eigenvalue weighted by Crippen LogP contribution is -2.12. The molecule has 0 fully saturated rings. The van der Waals surface area contributed by atoms with Gasteiger partial charge in [-0.3, -0.25) is 4.79 Å². The van der Waals surface area contributed by atoms with Crippen LogP contribution >= 0.6 is 15.9 Å². The van der Waals surface area contributed by atoms with E-state index in [0.29, 0.717) is 6.42 Å². The Bertz CT molecular complexity index is 414. The molecule has 0 spiro atoms. The number of hydrogen-bond donors (Lipinski definition) is 0. The maximum absolute atomic E-state index is 11.1. The Kier molecular flexibility index (Phi) is 2.83. The number of anilines is 1. The predicted octanol–water partition coefficient (Wildman–Crippen LogP) is 2.57. The van der Waals surface area contributed by atoms with Crippen LogP contribution in [0.4, 0.5) is 5.69 Å². The highest BCUT2D eigenvalue weighted by molar-refractivity contribution is 9.10. The molecule has 0 radical (unpaired) electrons. The minimum atomic E-state index is 0.216. The van der Waals surface area contributed by atoms with Crippen LogP contribution in [0.15, 0.2) is 16.6 Å². The van der Waals surface area contributed by atoms with Gasteiger partial charge in [-0.25, -0.2) is 0 Å². The molecule has 0 bridgehead atoms. The normalized spacial score (nSPS) is 14.2. The van der Waals surface area contributed by atoms with Crippen LogP contribution in [0.2, 0.25) is 0 Å². The number of carbonyl (C=O) groups is 1. The van der Waals surface area contributed by atoms with Crippen molar-refractivity contribution >= 4 is 27.4 Å². The zero-order valence-electron chi connectivity index (χ0n) is 9.01. The smallest absolute Gasteiger partial charge is 0.134 e. The summed E-state index contributed by atoms with van der Waals surface area (Å²) in [5.41, 5.74) is 3.74. The van der Waals surface area contributed by atoms with E-state index in [9.17, 15) is 4.79 Å². The van der Waals surface area contributed by atoms with Crippen molar-refractivity contribution < 1.29 is 4.79 Å². The van der Waals surface area contributed by atoms with Crippen molar-refractivity contribution in [3.63, 3.8) is 0 Å². The number of fused-ring (bicyclic) bond motifs is 1. The van der Waals surface area contributed by atoms with Crippen molar-refractivity contribution in [2.75, 3.05) is 18.5 Å². The maximum atomic E-state index is 11.1. The first-order chi connectivity index (χ1) is 7.08. The van der Waals surface area contributed by atoms with E-state index in [2.05, 4.69) is 40.0 Å². The second-order valence-corrected chi connectivity index (χ2v) is 4.99. The molecule has 1 aliphatic rings. The first kappa shape index (κ1) is 10.7. The number of hydrogen-bond acceptors (Lipinski definition) is 2. The van der Waals surface area contributed by atoms with Crippen LogP contribution in [0.3, 0.4) is 0 Å². The standard InChI is InChI=1S/C12H14BrNO/c1-8(15)5-9-6-10-3-4-14(2)12(10)11(13)7-9/h6-7H,3-5H2,1-2H3. The van der Waals surface area contributed by atoms with Gasteiger partial charge in [0.15, 0.2) is 0 Å². The van der Waals surface area contributed by atoms with Crippen molar-refractivity contribution in [2.24, 2.45) is 0 Å². The predicted molar refractivity (Wildman–Crippen MR) is 65.5 cm³/mol. The number of nitrogens with zero attached hydrogens (tertiary/aromatic N) is 1. The Morgan fingerprint density at radius 2 is 2.27 bits per heavy atom. The third-order valence-corrected chi connectivity index (χ3v) is 3.36. The highest BCUT2D eigenvalue weighted by Crippen LogP contribution is 2.35. The first-order valence-corrected chi connectivity index (χ1v) is 5.89. The average Bonchev–Trinajstić information content (AvgIpc) is 2.46. The number of benzene rings is 1. The summed E-state index contributed by atoms with van der Waals surface area (Å²) < 4.78 is 1.11. The molecule has 0 amide bonds. The van der Waals surface area contributed by atoms with E-state index >= 15 is 0 Å². The van der Waals surface area contributed by atoms with E-state index in [1.54, 1.807) is 6.92 Å². The molecule has 3 heteroatoms. The molecule has 0 saturated heterocycles. The van der Waals surface area contributed by atoms with E-state index in [0.717, 1.165) is 23.0 Å². The molecule has 0 atom stereocenters. The second kappa shape index (κ2) is 3.97. The van der Waals surface area contributed by atoms with Crippen LogP contribution in [-0.2, 0) is 17.6 Å². The Morgan fingerprint density at radius 3 is 2.93 bits per heavy atom. The second-order valence-electron chi connectivity index (χ2n) is 4.14. The minimum Gasteiger partial charge on any atom is -0.373 e. The summed E-state index contributed by atoms with van der Waals surface area (Å²) in [7, 11) is 2.10. The lowest BCUT2D eigenvalue weighted by atomic mass is 10.0. The zero-order valence-corrected chi connectivity index (χ0v) is 10.6. The summed E-state index contributed by atoms with van der Waals surface area (Å²) in [6.45, 7) is 2.70. The number of ketones is 1. The number of likely N-dealkylation sites (N-methyl/N-ethyl adjacent to an activating group) is 1. The third kappa shape index (κ3) is 2.07. The summed E-state index contributed by atoms with van der Waals surface area (Å²) in [5, 5.41) is 0. The molecule has 0 aliphatic carbocycles. The molecule has 0 saturated carbocycles. The van der Waals surface area contributed by atoms with Gasteiger partial charge in [0.2, 0.25) is 0 Å². The van der Waals surface area contributed by atoms with Crippen molar-refractivity contribution in [2.45, 2.75) is 19.8 Å². The molecule has 80 valence electrons. The molecule has 1 aromatic carbocycles. The van der Waals surface area contributed by atoms with E-state index in [1.807, 2.05) is 0 Å². The Labute approximate surface area is 98.4 Å². The SMILES string of the molecule is CC(=O)Cc1cc(Br)c2c(c1)CCN2C. The number of rotatable bonds is 2. The van der Waals surface area contributed by atoms with Crippen LogP contribution in [0.5, 0.6) is 0 Å². The van der Waals surface area contributed by atoms with Gasteiger partial charge in [0.05, 0.1) is 5.69 Å². The summed E-state index contributed by atoms with van der Waals surface area (Å²) in [4.78, 5) is 13.3. The average molecular weight is 268 g/mol. The molecular formula is C12H14BrNO. The Morgan fingerprint density at radius 1 is 1.53 bits per heavy atom. The highest BCUT2D eigenvalue weighted by atomic mass is 79.9. The van der Waals surface area contributed by atoms with Gasteiger partial charge in [-0.15, -0.1) is 0 Å². The van der Waals surface area contributed by atoms with Crippen LogP contribution < -0.4 is 4.90 Å². The quantitative estimate of drug-likeness (QED) is 0.821. The Balaban J connectivity index is 2.40. The molecule has 0 N–H and O–H groups in total. The summed E-state index contributed by atoms with van der Waals surface area (Å²) in [6.07, 6.45) is 1.62. The Hall–Kier alpha value is -0.830. The molecule has 1 heterocycles. The van der Waals surface area contributed by atoms with Crippen molar-refractivity contribution in [3.8, 4) is 0 Å². The van der Waals surface area contributed by atoms with Crippen molar-refractivity contribution in [1.82, 2.24) is 0 Å². The van der Waals surface area contributed by atoms with E-state index < -0.39 is 0 Å². The monoisotopic (exact) mass is 267 g/mol. The lowest BCUT2D eigenvalue weighted by Gasteiger charge is -2.14. The fourth-order valence-corrected chi connectivity index (χ4v) is 2.98. The number of Topliss-reactive ketones (excluding diaryl/α,β-unsaturated/α-hetero) is 1. The molecule has 1 aromatic rings. The summed E-state index contributed by atoms with van der Waals surface area (Å²) in [6, 6.07) is 4.22. The largest absolute Gasteiger partial charge is 0.373 e. The fraction of sp³-hybridized carbons (Fsp3) is 0.417. The molecular weight excluding hydrogens is 254 g/mol. The van der Waals surface area contributed by atoms with Gasteiger partial charge in [0, 0.05) is 24.5 Å². The van der Waals surface area contributed by atoms with Gasteiger partial charge in [0.25, 0.3) is 0 Å². The van der Waals surface area contributed by atoms with Gasteiger partial charge in [-0.1, -0.05) is 6.07 Å². The van der Waals surface area contributed by atoms with E-state index in [-0.39, 0.29) is 5.78 Å². The van der Waals surface area contributed by atoms with Gasteiger partial charge in [0.1, 0.15) is 5.78 Å². The maximum Gasteiger partial charge on any atom is 0.134 e. The zero-order chi connectivity index (χ0) is 11.0. The topological polar surface area (TPSA) is 20.3 Å². The van der Waals surface area contributed by atoms with Crippen LogP contribution in [0, 0.1) is 0 Å². The van der Waals surface area contributed by atoms with Crippen LogP contribution in [0.1, 0.15) is 18.1 Å². The van der Waals surface area contributed by atoms with Crippen molar-refractivity contribution in [3.05, 3.63) is 27.7 Å². The van der Waals surface area contributed by atoms with E-state index in [1.165, 1.54) is 11.3 Å². The van der Waals surface area contributed by atoms with Gasteiger partial charge in [-0.2, -0.15) is 0 Å². The number of halogens is 1. The molecule has 2 rings (SSSR count). The summed E-state index contributed by atoms with van der Waals surface area (Å²) in [5.74, 6) is 0.216. The summed E-state index contributed by atoms with van der Waals surface area (Å²) >= 11 is 3.58. The molecule has 2 nitrogen and oxygen atoms in total. The highest BCUT2D eigenvalue weighted by Gasteiger charge is 2.19. The third-order valence-electron chi connectivity index (χ3n) is 2.75. The van der Waals surface area contributed by atoms with Gasteiger partial charge in [-0.05, 0) is 46.5 Å². The van der Waals surface area contributed by atoms with Gasteiger partial charge < -0.3 is 4.90 Å². The van der Waals surface area contributed by atoms with Gasteiger partial charge >= 0.3 is 0 Å². The molecule has 0 unspecified atom stereocenters. The fourth-order valence-electron chi connectivity index (χ4n) is 2.13. The first-order valence-electron chi connectivity index (χ1n) is 5.10. The molecule has 1 aliphatic heterocycles. The number of carbonyl (C=O) groups excluding carboxylic acids is 1. The van der Waals surface area contributed by atoms with E-state index in [4.69, 9.17) is 0 Å². The lowest BCUT2D eigenvalue weighted by molar-refractivity contribution is -0.116. The molecule has 0 aromatic heterocycles. The molecule has 15 heavy (non-hydrogen) atoms. The minimum absolute atomic E-state index is 0.216.